The molecule has 1 atom stereocenters. The van der Waals surface area contributed by atoms with E-state index in [1.807, 2.05) is 31.9 Å². The van der Waals surface area contributed by atoms with Crippen LogP contribution in [0.4, 0.5) is 0 Å². The Kier molecular flexibility index (Phi) is 3.00. The van der Waals surface area contributed by atoms with Crippen molar-refractivity contribution in [3.05, 3.63) is 30.4 Å². The van der Waals surface area contributed by atoms with Crippen LogP contribution in [0.2, 0.25) is 0 Å². The molecule has 0 aromatic carbocycles. The van der Waals surface area contributed by atoms with Gasteiger partial charge < -0.3 is 9.88 Å². The van der Waals surface area contributed by atoms with Crippen molar-refractivity contribution in [1.29, 1.82) is 0 Å². The predicted octanol–water partition coefficient (Wildman–Crippen LogP) is 0.0518. The van der Waals surface area contributed by atoms with Crippen LogP contribution in [0.5, 0.6) is 0 Å². The summed E-state index contributed by atoms with van der Waals surface area (Å²) in [5, 5.41) is 7.30. The minimum atomic E-state index is 0.155. The van der Waals surface area contributed by atoms with E-state index in [-0.39, 0.29) is 6.04 Å². The summed E-state index contributed by atoms with van der Waals surface area (Å²) in [6, 6.07) is 0.155. The van der Waals surface area contributed by atoms with Crippen molar-refractivity contribution in [1.82, 2.24) is 29.6 Å². The van der Waals surface area contributed by atoms with Gasteiger partial charge in [-0.1, -0.05) is 0 Å². The van der Waals surface area contributed by atoms with Crippen LogP contribution in [-0.4, -0.2) is 31.4 Å². The molecule has 0 amide bonds. The quantitative estimate of drug-likeness (QED) is 0.791. The van der Waals surface area contributed by atoms with Crippen LogP contribution in [0.3, 0.4) is 0 Å². The van der Waals surface area contributed by atoms with Gasteiger partial charge in [-0.05, 0) is 7.05 Å². The lowest BCUT2D eigenvalue weighted by molar-refractivity contribution is 0.512. The fourth-order valence-electron chi connectivity index (χ4n) is 1.72. The molecule has 16 heavy (non-hydrogen) atoms. The van der Waals surface area contributed by atoms with Crippen molar-refractivity contribution < 1.29 is 0 Å². The van der Waals surface area contributed by atoms with Crippen LogP contribution in [0.25, 0.3) is 0 Å². The van der Waals surface area contributed by atoms with Gasteiger partial charge >= 0.3 is 0 Å². The number of hydrogen-bond donors (Lipinski definition) is 1. The van der Waals surface area contributed by atoms with Crippen molar-refractivity contribution in [2.45, 2.75) is 12.5 Å². The van der Waals surface area contributed by atoms with Crippen molar-refractivity contribution in [3.63, 3.8) is 0 Å². The summed E-state index contributed by atoms with van der Waals surface area (Å²) in [4.78, 5) is 8.56. The van der Waals surface area contributed by atoms with Crippen LogP contribution >= 0.6 is 0 Å². The number of likely N-dealkylation sites (N-methyl/N-ethyl adjacent to an activating group) is 1. The Balaban J connectivity index is 2.19. The van der Waals surface area contributed by atoms with Crippen molar-refractivity contribution >= 4 is 0 Å². The number of nitrogens with one attached hydrogen (secondary N) is 1. The average molecular weight is 220 g/mol. The van der Waals surface area contributed by atoms with E-state index in [1.165, 1.54) is 0 Å². The Morgan fingerprint density at radius 1 is 1.38 bits per heavy atom. The highest BCUT2D eigenvalue weighted by atomic mass is 15.3. The van der Waals surface area contributed by atoms with Gasteiger partial charge in [0.25, 0.3) is 0 Å². The molecule has 2 aromatic rings. The molecule has 2 heterocycles. The molecule has 0 fully saturated rings. The first-order chi connectivity index (χ1) is 7.72. The van der Waals surface area contributed by atoms with E-state index in [2.05, 4.69) is 20.4 Å². The van der Waals surface area contributed by atoms with Gasteiger partial charge in [-0.2, -0.15) is 5.10 Å². The van der Waals surface area contributed by atoms with E-state index in [0.717, 1.165) is 18.1 Å². The molecule has 0 aliphatic heterocycles. The van der Waals surface area contributed by atoms with Crippen LogP contribution < -0.4 is 5.32 Å². The summed E-state index contributed by atoms with van der Waals surface area (Å²) < 4.78 is 3.80. The molecule has 2 rings (SSSR count). The third-order valence-electron chi connectivity index (χ3n) is 2.71. The minimum Gasteiger partial charge on any atom is -0.337 e. The van der Waals surface area contributed by atoms with E-state index in [9.17, 15) is 0 Å². The highest BCUT2D eigenvalue weighted by molar-refractivity contribution is 5.02. The maximum absolute atomic E-state index is 4.34. The van der Waals surface area contributed by atoms with Crippen LogP contribution in [-0.2, 0) is 20.5 Å². The van der Waals surface area contributed by atoms with Crippen LogP contribution in [0, 0.1) is 0 Å². The highest BCUT2D eigenvalue weighted by Crippen LogP contribution is 2.13. The van der Waals surface area contributed by atoms with Crippen molar-refractivity contribution in [2.24, 2.45) is 14.1 Å². The first-order valence-electron chi connectivity index (χ1n) is 5.19. The molecule has 0 saturated carbocycles. The maximum Gasteiger partial charge on any atom is 0.138 e. The fraction of sp³-hybridized carbons (Fsp3) is 0.500. The third-order valence-corrected chi connectivity index (χ3v) is 2.71. The zero-order valence-electron chi connectivity index (χ0n) is 9.75. The van der Waals surface area contributed by atoms with Gasteiger partial charge in [-0.15, -0.1) is 0 Å². The number of aromatic nitrogens is 5. The third kappa shape index (κ3) is 1.96. The van der Waals surface area contributed by atoms with Gasteiger partial charge in [-0.25, -0.2) is 9.97 Å². The Labute approximate surface area is 94.3 Å². The SMILES string of the molecule is CNC(Cc1ncnn1C)c1nccn1C. The summed E-state index contributed by atoms with van der Waals surface area (Å²) in [6.45, 7) is 0. The van der Waals surface area contributed by atoms with E-state index >= 15 is 0 Å². The molecule has 1 unspecified atom stereocenters. The van der Waals surface area contributed by atoms with Crippen LogP contribution in [0.15, 0.2) is 18.7 Å². The average Bonchev–Trinajstić information content (AvgIpc) is 2.85. The molecule has 6 nitrogen and oxygen atoms in total. The lowest BCUT2D eigenvalue weighted by Crippen LogP contribution is -2.23. The normalized spacial score (nSPS) is 12.9. The van der Waals surface area contributed by atoms with E-state index < -0.39 is 0 Å². The van der Waals surface area contributed by atoms with Gasteiger partial charge in [-0.3, -0.25) is 4.68 Å². The zero-order chi connectivity index (χ0) is 11.5. The number of imidazole rings is 1. The Morgan fingerprint density at radius 2 is 2.19 bits per heavy atom. The number of hydrogen-bond acceptors (Lipinski definition) is 4. The zero-order valence-corrected chi connectivity index (χ0v) is 9.75. The summed E-state index contributed by atoms with van der Waals surface area (Å²) >= 11 is 0. The molecule has 2 aromatic heterocycles. The van der Waals surface area contributed by atoms with Gasteiger partial charge in [0, 0.05) is 32.9 Å². The second kappa shape index (κ2) is 4.44. The number of rotatable bonds is 4. The molecular weight excluding hydrogens is 204 g/mol. The molecule has 0 aliphatic rings. The summed E-state index contributed by atoms with van der Waals surface area (Å²) in [6.07, 6.45) is 6.09. The Hall–Kier alpha value is -1.69. The lowest BCUT2D eigenvalue weighted by atomic mass is 10.2. The van der Waals surface area contributed by atoms with Crippen molar-refractivity contribution in [2.75, 3.05) is 7.05 Å². The highest BCUT2D eigenvalue weighted by Gasteiger charge is 2.16. The van der Waals surface area contributed by atoms with Crippen molar-refractivity contribution in [3.8, 4) is 0 Å². The van der Waals surface area contributed by atoms with Gasteiger partial charge in [0.05, 0.1) is 6.04 Å². The maximum atomic E-state index is 4.34. The van der Waals surface area contributed by atoms with Gasteiger partial charge in [0.15, 0.2) is 0 Å². The molecule has 0 radical (unpaired) electrons. The monoisotopic (exact) mass is 220 g/mol. The molecular formula is C10H16N6. The largest absolute Gasteiger partial charge is 0.337 e. The number of aryl methyl sites for hydroxylation is 2. The molecule has 0 bridgehead atoms. The number of nitrogens with zero attached hydrogens (tertiary/aromatic N) is 5. The summed E-state index contributed by atoms with van der Waals surface area (Å²) in [5.41, 5.74) is 0. The fourth-order valence-corrected chi connectivity index (χ4v) is 1.72. The van der Waals surface area contributed by atoms with Gasteiger partial charge in [0.2, 0.25) is 0 Å². The standard InChI is InChI=1S/C10H16N6/c1-11-8(10-12-4-5-15(10)2)6-9-13-7-14-16(9)3/h4-5,7-8,11H,6H2,1-3H3. The first kappa shape index (κ1) is 10.8. The second-order valence-electron chi connectivity index (χ2n) is 3.74. The molecule has 1 N–H and O–H groups in total. The van der Waals surface area contributed by atoms with E-state index in [0.29, 0.717) is 0 Å². The molecule has 6 heteroatoms. The topological polar surface area (TPSA) is 60.6 Å². The summed E-state index contributed by atoms with van der Waals surface area (Å²) in [7, 11) is 5.81. The van der Waals surface area contributed by atoms with Crippen LogP contribution in [0.1, 0.15) is 17.7 Å². The molecule has 0 aliphatic carbocycles. The minimum absolute atomic E-state index is 0.155. The molecule has 86 valence electrons. The van der Waals surface area contributed by atoms with E-state index in [1.54, 1.807) is 17.2 Å². The first-order valence-corrected chi connectivity index (χ1v) is 5.19. The summed E-state index contributed by atoms with van der Waals surface area (Å²) in [5.74, 6) is 1.95. The van der Waals surface area contributed by atoms with Gasteiger partial charge in [0.1, 0.15) is 18.0 Å². The Morgan fingerprint density at radius 3 is 2.69 bits per heavy atom. The molecule has 0 saturated heterocycles. The Bertz CT molecular complexity index is 457. The second-order valence-corrected chi connectivity index (χ2v) is 3.74. The molecule has 0 spiro atoms. The lowest BCUT2D eigenvalue weighted by Gasteiger charge is -2.15. The van der Waals surface area contributed by atoms with E-state index in [4.69, 9.17) is 0 Å². The predicted molar refractivity (Wildman–Crippen MR) is 59.7 cm³/mol. The smallest absolute Gasteiger partial charge is 0.138 e.